The van der Waals surface area contributed by atoms with Crippen molar-refractivity contribution in [3.63, 3.8) is 0 Å². The first-order chi connectivity index (χ1) is 14.4. The largest absolute Gasteiger partial charge is 0.417 e. The average Bonchev–Trinajstić information content (AvgIpc) is 3.13. The molecule has 0 unspecified atom stereocenters. The van der Waals surface area contributed by atoms with Crippen LogP contribution in [-0.4, -0.2) is 43.0 Å². The van der Waals surface area contributed by atoms with Gasteiger partial charge in [0, 0.05) is 29.7 Å². The summed E-state index contributed by atoms with van der Waals surface area (Å²) in [7, 11) is -3.82. The Hall–Kier alpha value is -2.56. The number of fused-ring (bicyclic) bond motifs is 1. The van der Waals surface area contributed by atoms with Crippen molar-refractivity contribution in [1.82, 2.24) is 9.29 Å². The summed E-state index contributed by atoms with van der Waals surface area (Å²) in [6.45, 7) is 0.439. The number of amides is 1. The first-order valence-corrected chi connectivity index (χ1v) is 12.1. The number of rotatable bonds is 5. The van der Waals surface area contributed by atoms with E-state index in [-0.39, 0.29) is 22.9 Å². The van der Waals surface area contributed by atoms with Gasteiger partial charge in [-0.3, -0.25) is 9.78 Å². The van der Waals surface area contributed by atoms with Crippen molar-refractivity contribution in [2.45, 2.75) is 22.6 Å². The molecule has 30 heavy (non-hydrogen) atoms. The van der Waals surface area contributed by atoms with Crippen molar-refractivity contribution in [3.8, 4) is 0 Å². The van der Waals surface area contributed by atoms with Crippen LogP contribution in [-0.2, 0) is 14.8 Å². The minimum absolute atomic E-state index is 0.0338. The summed E-state index contributed by atoms with van der Waals surface area (Å²) < 4.78 is 32.5. The van der Waals surface area contributed by atoms with E-state index in [1.54, 1.807) is 11.8 Å². The van der Waals surface area contributed by atoms with E-state index in [1.165, 1.54) is 22.5 Å². The Bertz CT molecular complexity index is 1250. The molecular formula is C20H21N3O5S2. The van der Waals surface area contributed by atoms with E-state index >= 15 is 0 Å². The quantitative estimate of drug-likeness (QED) is 0.582. The van der Waals surface area contributed by atoms with Gasteiger partial charge in [0.05, 0.1) is 16.3 Å². The number of aromatic nitrogens is 1. The van der Waals surface area contributed by atoms with Crippen molar-refractivity contribution in [2.75, 3.05) is 24.7 Å². The number of anilines is 1. The van der Waals surface area contributed by atoms with E-state index in [4.69, 9.17) is 4.42 Å². The lowest BCUT2D eigenvalue weighted by molar-refractivity contribution is -0.120. The van der Waals surface area contributed by atoms with Gasteiger partial charge < -0.3 is 9.73 Å². The molecule has 1 atom stereocenters. The molecule has 1 saturated heterocycles. The molecule has 0 spiro atoms. The van der Waals surface area contributed by atoms with Crippen molar-refractivity contribution in [3.05, 3.63) is 53.0 Å². The SMILES string of the molecule is CSc1cccc(NC(=O)[C@H]2CCCN(S(=O)(=O)c3ccc4[nH]c(=O)oc4c3)C2)c1. The van der Waals surface area contributed by atoms with Crippen LogP contribution in [0.2, 0.25) is 0 Å². The van der Waals surface area contributed by atoms with E-state index in [2.05, 4.69) is 10.3 Å². The third-order valence-electron chi connectivity index (χ3n) is 5.12. The van der Waals surface area contributed by atoms with Crippen molar-refractivity contribution in [1.29, 1.82) is 0 Å². The highest BCUT2D eigenvalue weighted by molar-refractivity contribution is 7.98. The molecule has 1 aromatic heterocycles. The molecule has 1 aliphatic rings. The molecule has 1 fully saturated rings. The van der Waals surface area contributed by atoms with Gasteiger partial charge in [-0.1, -0.05) is 6.07 Å². The minimum atomic E-state index is -3.82. The number of carbonyl (C=O) groups excluding carboxylic acids is 1. The lowest BCUT2D eigenvalue weighted by atomic mass is 9.99. The molecule has 0 saturated carbocycles. The Morgan fingerprint density at radius 1 is 1.27 bits per heavy atom. The lowest BCUT2D eigenvalue weighted by Crippen LogP contribution is -2.43. The monoisotopic (exact) mass is 447 g/mol. The molecule has 0 radical (unpaired) electrons. The number of sulfonamides is 1. The standard InChI is InChI=1S/C20H21N3O5S2/c1-29-15-6-2-5-14(10-15)21-19(24)13-4-3-9-23(12-13)30(26,27)16-7-8-17-18(11-16)28-20(25)22-17/h2,5-8,10-11,13H,3-4,9,12H2,1H3,(H,21,24)(H,22,25)/t13-/m0/s1. The van der Waals surface area contributed by atoms with Gasteiger partial charge in [0.25, 0.3) is 0 Å². The predicted molar refractivity (Wildman–Crippen MR) is 115 cm³/mol. The van der Waals surface area contributed by atoms with Gasteiger partial charge >= 0.3 is 5.76 Å². The number of thioether (sulfide) groups is 1. The number of benzene rings is 2. The fraction of sp³-hybridized carbons (Fsp3) is 0.300. The Kier molecular flexibility index (Phi) is 5.72. The molecule has 10 heteroatoms. The molecule has 2 heterocycles. The van der Waals surface area contributed by atoms with E-state index in [0.29, 0.717) is 30.6 Å². The first-order valence-electron chi connectivity index (χ1n) is 9.45. The molecule has 8 nitrogen and oxygen atoms in total. The molecular weight excluding hydrogens is 426 g/mol. The van der Waals surface area contributed by atoms with Gasteiger partial charge in [-0.05, 0) is 49.4 Å². The highest BCUT2D eigenvalue weighted by Gasteiger charge is 2.33. The van der Waals surface area contributed by atoms with E-state index in [9.17, 15) is 18.0 Å². The maximum absolute atomic E-state index is 13.1. The molecule has 1 amide bonds. The third-order valence-corrected chi connectivity index (χ3v) is 7.71. The molecule has 3 aromatic rings. The molecule has 0 bridgehead atoms. The number of H-pyrrole nitrogens is 1. The number of hydrogen-bond acceptors (Lipinski definition) is 6. The first kappa shape index (κ1) is 20.7. The fourth-order valence-corrected chi connectivity index (χ4v) is 5.55. The maximum Gasteiger partial charge on any atom is 0.417 e. The van der Waals surface area contributed by atoms with Crippen LogP contribution in [0.25, 0.3) is 11.1 Å². The number of nitrogens with one attached hydrogen (secondary N) is 2. The molecule has 0 aliphatic carbocycles. The fourth-order valence-electron chi connectivity index (χ4n) is 3.56. The number of carbonyl (C=O) groups is 1. The Labute approximate surface area is 177 Å². The molecule has 158 valence electrons. The molecule has 1 aliphatic heterocycles. The lowest BCUT2D eigenvalue weighted by Gasteiger charge is -2.31. The molecule has 2 N–H and O–H groups in total. The second kappa shape index (κ2) is 8.29. The van der Waals surface area contributed by atoms with Crippen LogP contribution >= 0.6 is 11.8 Å². The highest BCUT2D eigenvalue weighted by Crippen LogP contribution is 2.27. The average molecular weight is 448 g/mol. The molecule has 2 aromatic carbocycles. The summed E-state index contributed by atoms with van der Waals surface area (Å²) in [6, 6.07) is 11.8. The minimum Gasteiger partial charge on any atom is -0.408 e. The highest BCUT2D eigenvalue weighted by atomic mass is 32.2. The van der Waals surface area contributed by atoms with Gasteiger partial charge in [0.1, 0.15) is 0 Å². The van der Waals surface area contributed by atoms with E-state index in [0.717, 1.165) is 4.90 Å². The summed E-state index contributed by atoms with van der Waals surface area (Å²) >= 11 is 1.58. The molecule has 4 rings (SSSR count). The summed E-state index contributed by atoms with van der Waals surface area (Å²) in [5, 5.41) is 2.90. The van der Waals surface area contributed by atoms with Crippen LogP contribution in [0.5, 0.6) is 0 Å². The van der Waals surface area contributed by atoms with Crippen LogP contribution in [0.15, 0.2) is 61.5 Å². The van der Waals surface area contributed by atoms with Gasteiger partial charge in [0.2, 0.25) is 15.9 Å². The third kappa shape index (κ3) is 4.16. The smallest absolute Gasteiger partial charge is 0.408 e. The van der Waals surface area contributed by atoms with Crippen LogP contribution in [0.1, 0.15) is 12.8 Å². The topological polar surface area (TPSA) is 112 Å². The predicted octanol–water partition coefficient (Wildman–Crippen LogP) is 2.88. The zero-order chi connectivity index (χ0) is 21.3. The van der Waals surface area contributed by atoms with Gasteiger partial charge in [-0.25, -0.2) is 13.2 Å². The summed E-state index contributed by atoms with van der Waals surface area (Å²) in [5.74, 6) is -1.28. The van der Waals surface area contributed by atoms with E-state index < -0.39 is 21.7 Å². The summed E-state index contributed by atoms with van der Waals surface area (Å²) in [6.07, 6.45) is 3.16. The Morgan fingerprint density at radius 2 is 2.10 bits per heavy atom. The number of nitrogens with zero attached hydrogens (tertiary/aromatic N) is 1. The van der Waals surface area contributed by atoms with Crippen molar-refractivity contribution >= 4 is 44.5 Å². The number of hydrogen-bond donors (Lipinski definition) is 2. The van der Waals surface area contributed by atoms with Gasteiger partial charge in [0.15, 0.2) is 5.58 Å². The van der Waals surface area contributed by atoms with Crippen LogP contribution in [0, 0.1) is 5.92 Å². The zero-order valence-corrected chi connectivity index (χ0v) is 17.9. The maximum atomic E-state index is 13.1. The Morgan fingerprint density at radius 3 is 2.90 bits per heavy atom. The zero-order valence-electron chi connectivity index (χ0n) is 16.3. The van der Waals surface area contributed by atoms with Crippen molar-refractivity contribution in [2.24, 2.45) is 5.92 Å². The summed E-state index contributed by atoms with van der Waals surface area (Å²) in [5.41, 5.74) is 1.31. The Balaban J connectivity index is 1.51. The second-order valence-electron chi connectivity index (χ2n) is 7.10. The number of oxazole rings is 1. The number of piperidine rings is 1. The van der Waals surface area contributed by atoms with Crippen LogP contribution in [0.4, 0.5) is 5.69 Å². The van der Waals surface area contributed by atoms with Gasteiger partial charge in [-0.15, -0.1) is 11.8 Å². The van der Waals surface area contributed by atoms with Gasteiger partial charge in [-0.2, -0.15) is 4.31 Å². The van der Waals surface area contributed by atoms with Crippen LogP contribution in [0.3, 0.4) is 0 Å². The normalized spacial score (nSPS) is 17.8. The van der Waals surface area contributed by atoms with Crippen molar-refractivity contribution < 1.29 is 17.6 Å². The van der Waals surface area contributed by atoms with E-state index in [1.807, 2.05) is 30.5 Å². The number of aromatic amines is 1. The second-order valence-corrected chi connectivity index (χ2v) is 9.91. The van der Waals surface area contributed by atoms with Crippen LogP contribution < -0.4 is 11.1 Å². The summed E-state index contributed by atoms with van der Waals surface area (Å²) in [4.78, 5) is 27.6.